The molecule has 0 aromatic carbocycles. The first-order valence-electron chi connectivity index (χ1n) is 3.44. The first-order chi connectivity index (χ1) is 5.24. The molecule has 0 aliphatic heterocycles. The maximum Gasteiger partial charge on any atom is 0.200 e. The first kappa shape index (κ1) is 8.42. The Morgan fingerprint density at radius 3 is 2.91 bits per heavy atom. The molecule has 4 nitrogen and oxygen atoms in total. The highest BCUT2D eigenvalue weighted by molar-refractivity contribution is 7.09. The Morgan fingerprint density at radius 1 is 1.73 bits per heavy atom. The lowest BCUT2D eigenvalue weighted by atomic mass is 10.4. The zero-order chi connectivity index (χ0) is 8.27. The zero-order valence-electron chi connectivity index (χ0n) is 6.57. The van der Waals surface area contributed by atoms with Gasteiger partial charge < -0.3 is 10.5 Å². The highest BCUT2D eigenvalue weighted by Gasteiger charge is 2.09. The van der Waals surface area contributed by atoms with Crippen LogP contribution in [0.5, 0.6) is 0 Å². The standard InChI is InChI=1S/C6H11N3OS/c1-3-10-4(2)5-8-6(7)11-9-5/h4H,3H2,1-2H3,(H2,7,8,9). The number of rotatable bonds is 3. The third-order valence-electron chi connectivity index (χ3n) is 1.24. The molecule has 0 fully saturated rings. The summed E-state index contributed by atoms with van der Waals surface area (Å²) >= 11 is 1.20. The Morgan fingerprint density at radius 2 is 2.45 bits per heavy atom. The minimum Gasteiger partial charge on any atom is -0.374 e. The fraction of sp³-hybridized carbons (Fsp3) is 0.667. The maximum atomic E-state index is 5.40. The second kappa shape index (κ2) is 3.64. The summed E-state index contributed by atoms with van der Waals surface area (Å²) in [5.41, 5.74) is 5.40. The van der Waals surface area contributed by atoms with Gasteiger partial charge in [-0.15, -0.1) is 0 Å². The smallest absolute Gasteiger partial charge is 0.200 e. The number of nitrogen functional groups attached to an aromatic ring is 1. The van der Waals surface area contributed by atoms with E-state index in [1.54, 1.807) is 0 Å². The summed E-state index contributed by atoms with van der Waals surface area (Å²) in [5.74, 6) is 0.675. The molecule has 0 bridgehead atoms. The summed E-state index contributed by atoms with van der Waals surface area (Å²) in [5, 5.41) is 0.492. The van der Waals surface area contributed by atoms with Crippen molar-refractivity contribution in [3.63, 3.8) is 0 Å². The van der Waals surface area contributed by atoms with E-state index in [9.17, 15) is 0 Å². The number of anilines is 1. The molecule has 0 spiro atoms. The largest absolute Gasteiger partial charge is 0.374 e. The number of nitrogens with zero attached hydrogens (tertiary/aromatic N) is 2. The molecule has 1 atom stereocenters. The van der Waals surface area contributed by atoms with Crippen molar-refractivity contribution in [3.8, 4) is 0 Å². The Balaban J connectivity index is 2.60. The normalized spacial score (nSPS) is 13.3. The predicted molar refractivity (Wildman–Crippen MR) is 44.4 cm³/mol. The molecule has 11 heavy (non-hydrogen) atoms. The second-order valence-corrected chi connectivity index (χ2v) is 2.87. The van der Waals surface area contributed by atoms with Crippen molar-refractivity contribution in [1.29, 1.82) is 0 Å². The molecule has 1 heterocycles. The molecule has 0 amide bonds. The van der Waals surface area contributed by atoms with E-state index in [4.69, 9.17) is 10.5 Å². The summed E-state index contributed by atoms with van der Waals surface area (Å²) < 4.78 is 9.28. The fourth-order valence-corrected chi connectivity index (χ4v) is 1.25. The molecule has 5 heteroatoms. The van der Waals surface area contributed by atoms with Crippen LogP contribution in [0.4, 0.5) is 5.13 Å². The molecule has 62 valence electrons. The van der Waals surface area contributed by atoms with Gasteiger partial charge in [0, 0.05) is 18.1 Å². The van der Waals surface area contributed by atoms with Gasteiger partial charge >= 0.3 is 0 Å². The summed E-state index contributed by atoms with van der Waals surface area (Å²) in [6.45, 7) is 4.51. The predicted octanol–water partition coefficient (Wildman–Crippen LogP) is 1.22. The van der Waals surface area contributed by atoms with Crippen LogP contribution < -0.4 is 5.73 Å². The van der Waals surface area contributed by atoms with Crippen LogP contribution >= 0.6 is 11.5 Å². The lowest BCUT2D eigenvalue weighted by molar-refractivity contribution is 0.0710. The van der Waals surface area contributed by atoms with Crippen LogP contribution in [0.2, 0.25) is 0 Å². The van der Waals surface area contributed by atoms with Crippen LogP contribution in [-0.2, 0) is 4.74 Å². The van der Waals surface area contributed by atoms with Gasteiger partial charge in [0.25, 0.3) is 0 Å². The molecule has 1 rings (SSSR count). The van der Waals surface area contributed by atoms with Crippen molar-refractivity contribution in [2.75, 3.05) is 12.3 Å². The summed E-state index contributed by atoms with van der Waals surface area (Å²) in [6.07, 6.45) is -0.0476. The first-order valence-corrected chi connectivity index (χ1v) is 4.22. The summed E-state index contributed by atoms with van der Waals surface area (Å²) in [7, 11) is 0. The van der Waals surface area contributed by atoms with Gasteiger partial charge in [-0.3, -0.25) is 0 Å². The molecule has 0 saturated carbocycles. The van der Waals surface area contributed by atoms with Gasteiger partial charge in [-0.2, -0.15) is 4.37 Å². The van der Waals surface area contributed by atoms with Crippen molar-refractivity contribution in [3.05, 3.63) is 5.82 Å². The molecule has 1 aromatic rings. The second-order valence-electron chi connectivity index (χ2n) is 2.09. The van der Waals surface area contributed by atoms with Crippen LogP contribution in [-0.4, -0.2) is 16.0 Å². The van der Waals surface area contributed by atoms with Gasteiger partial charge in [0.05, 0.1) is 0 Å². The maximum absolute atomic E-state index is 5.40. The van der Waals surface area contributed by atoms with Gasteiger partial charge in [-0.1, -0.05) is 0 Å². The number of hydrogen-bond acceptors (Lipinski definition) is 5. The van der Waals surface area contributed by atoms with Crippen molar-refractivity contribution < 1.29 is 4.74 Å². The van der Waals surface area contributed by atoms with Gasteiger partial charge in [-0.05, 0) is 13.8 Å². The molecular formula is C6H11N3OS. The Kier molecular flexibility index (Phi) is 2.78. The van der Waals surface area contributed by atoms with E-state index in [2.05, 4.69) is 9.36 Å². The third-order valence-corrected chi connectivity index (χ3v) is 1.79. The number of aromatic nitrogens is 2. The minimum atomic E-state index is -0.0476. The van der Waals surface area contributed by atoms with E-state index in [0.717, 1.165) is 0 Å². The topological polar surface area (TPSA) is 61.0 Å². The van der Waals surface area contributed by atoms with Crippen LogP contribution in [0.3, 0.4) is 0 Å². The lowest BCUT2D eigenvalue weighted by Gasteiger charge is -2.05. The van der Waals surface area contributed by atoms with E-state index in [1.165, 1.54) is 11.5 Å². The van der Waals surface area contributed by atoms with E-state index in [1.807, 2.05) is 13.8 Å². The van der Waals surface area contributed by atoms with E-state index in [-0.39, 0.29) is 6.10 Å². The van der Waals surface area contributed by atoms with Crippen molar-refractivity contribution >= 4 is 16.7 Å². The Bertz CT molecular complexity index is 225. The molecule has 0 aliphatic rings. The average molecular weight is 173 g/mol. The van der Waals surface area contributed by atoms with Gasteiger partial charge in [0.15, 0.2) is 11.0 Å². The van der Waals surface area contributed by atoms with Crippen LogP contribution in [0.1, 0.15) is 25.8 Å². The van der Waals surface area contributed by atoms with Crippen LogP contribution in [0, 0.1) is 0 Å². The molecular weight excluding hydrogens is 162 g/mol. The molecule has 1 aromatic heterocycles. The molecule has 2 N–H and O–H groups in total. The van der Waals surface area contributed by atoms with Crippen LogP contribution in [0.15, 0.2) is 0 Å². The van der Waals surface area contributed by atoms with Gasteiger partial charge in [0.2, 0.25) is 0 Å². The van der Waals surface area contributed by atoms with E-state index in [0.29, 0.717) is 17.6 Å². The highest BCUT2D eigenvalue weighted by Crippen LogP contribution is 2.15. The van der Waals surface area contributed by atoms with E-state index >= 15 is 0 Å². The fourth-order valence-electron chi connectivity index (χ4n) is 0.737. The quantitative estimate of drug-likeness (QED) is 0.746. The van der Waals surface area contributed by atoms with Crippen molar-refractivity contribution in [2.45, 2.75) is 20.0 Å². The average Bonchev–Trinajstić information content (AvgIpc) is 2.36. The lowest BCUT2D eigenvalue weighted by Crippen LogP contribution is -2.01. The van der Waals surface area contributed by atoms with Crippen LogP contribution in [0.25, 0.3) is 0 Å². The highest BCUT2D eigenvalue weighted by atomic mass is 32.1. The molecule has 0 saturated heterocycles. The molecule has 0 aliphatic carbocycles. The molecule has 1 unspecified atom stereocenters. The number of ether oxygens (including phenoxy) is 1. The van der Waals surface area contributed by atoms with E-state index < -0.39 is 0 Å². The minimum absolute atomic E-state index is 0.0476. The Labute approximate surface area is 69.6 Å². The summed E-state index contributed by atoms with van der Waals surface area (Å²) in [6, 6.07) is 0. The summed E-state index contributed by atoms with van der Waals surface area (Å²) in [4.78, 5) is 3.99. The van der Waals surface area contributed by atoms with Gasteiger partial charge in [-0.25, -0.2) is 4.98 Å². The van der Waals surface area contributed by atoms with Crippen molar-refractivity contribution in [2.24, 2.45) is 0 Å². The third kappa shape index (κ3) is 2.13. The monoisotopic (exact) mass is 173 g/mol. The van der Waals surface area contributed by atoms with Crippen molar-refractivity contribution in [1.82, 2.24) is 9.36 Å². The SMILES string of the molecule is CCOC(C)c1nsc(N)n1. The van der Waals surface area contributed by atoms with Gasteiger partial charge in [0.1, 0.15) is 6.10 Å². The molecule has 0 radical (unpaired) electrons. The number of nitrogens with two attached hydrogens (primary N) is 1. The zero-order valence-corrected chi connectivity index (χ0v) is 7.39. The Hall–Kier alpha value is -0.680. The number of hydrogen-bond donors (Lipinski definition) is 1.